The zero-order valence-corrected chi connectivity index (χ0v) is 12.9. The summed E-state index contributed by atoms with van der Waals surface area (Å²) in [6.45, 7) is 2.58. The van der Waals surface area contributed by atoms with Crippen LogP contribution < -0.4 is 15.0 Å². The van der Waals surface area contributed by atoms with Crippen molar-refractivity contribution in [3.05, 3.63) is 24.3 Å². The van der Waals surface area contributed by atoms with Crippen LogP contribution >= 0.6 is 0 Å². The van der Waals surface area contributed by atoms with Gasteiger partial charge in [0.25, 0.3) is 0 Å². The minimum Gasteiger partial charge on any atom is -0.490 e. The van der Waals surface area contributed by atoms with Crippen LogP contribution in [0.1, 0.15) is 26.2 Å². The lowest BCUT2D eigenvalue weighted by Gasteiger charge is -2.25. The minimum atomic E-state index is -0.835. The second-order valence-electron chi connectivity index (χ2n) is 5.79. The molecule has 21 heavy (non-hydrogen) atoms. The second-order valence-corrected chi connectivity index (χ2v) is 5.79. The van der Waals surface area contributed by atoms with Gasteiger partial charge in [0.05, 0.1) is 0 Å². The lowest BCUT2D eigenvalue weighted by atomic mass is 9.98. The predicted octanol–water partition coefficient (Wildman–Crippen LogP) is 2.12. The summed E-state index contributed by atoms with van der Waals surface area (Å²) in [6.07, 6.45) is 1.81. The summed E-state index contributed by atoms with van der Waals surface area (Å²) in [4.78, 5) is 13.5. The van der Waals surface area contributed by atoms with E-state index >= 15 is 0 Å². The Morgan fingerprint density at radius 3 is 2.90 bits per heavy atom. The molecule has 1 aromatic rings. The highest BCUT2D eigenvalue weighted by Gasteiger charge is 2.45. The summed E-state index contributed by atoms with van der Waals surface area (Å²) in [6, 6.07) is 7.87. The van der Waals surface area contributed by atoms with Crippen LogP contribution in [0.3, 0.4) is 0 Å². The van der Waals surface area contributed by atoms with Crippen LogP contribution in [0.25, 0.3) is 0 Å². The molecule has 0 bridgehead atoms. The van der Waals surface area contributed by atoms with Gasteiger partial charge in [0.2, 0.25) is 0 Å². The van der Waals surface area contributed by atoms with E-state index in [1.165, 1.54) is 0 Å². The molecule has 0 saturated heterocycles. The van der Waals surface area contributed by atoms with Crippen LogP contribution in [0.5, 0.6) is 5.75 Å². The molecule has 1 aliphatic rings. The second kappa shape index (κ2) is 6.35. The zero-order chi connectivity index (χ0) is 15.5. The molecule has 2 N–H and O–H groups in total. The van der Waals surface area contributed by atoms with Crippen molar-refractivity contribution in [2.24, 2.45) is 0 Å². The van der Waals surface area contributed by atoms with E-state index in [2.05, 4.69) is 5.32 Å². The Bertz CT molecular complexity index is 504. The summed E-state index contributed by atoms with van der Waals surface area (Å²) in [5, 5.41) is 12.6. The average Bonchev–Trinajstić information content (AvgIpc) is 2.84. The number of nitrogens with zero attached hydrogens (tertiary/aromatic N) is 1. The van der Waals surface area contributed by atoms with Crippen LogP contribution in [0.15, 0.2) is 24.3 Å². The first-order valence-electron chi connectivity index (χ1n) is 7.39. The molecule has 0 amide bonds. The largest absolute Gasteiger partial charge is 0.490 e. The van der Waals surface area contributed by atoms with E-state index in [1.54, 1.807) is 0 Å². The molecule has 0 radical (unpaired) electrons. The van der Waals surface area contributed by atoms with Gasteiger partial charge in [-0.25, -0.2) is 0 Å². The Kier molecular flexibility index (Phi) is 4.73. The van der Waals surface area contributed by atoms with Crippen LogP contribution in [-0.4, -0.2) is 43.4 Å². The van der Waals surface area contributed by atoms with Crippen LogP contribution in [0.2, 0.25) is 0 Å². The molecule has 1 aromatic carbocycles. The van der Waals surface area contributed by atoms with Crippen molar-refractivity contribution in [3.63, 3.8) is 0 Å². The van der Waals surface area contributed by atoms with E-state index in [0.717, 1.165) is 17.9 Å². The van der Waals surface area contributed by atoms with Gasteiger partial charge in [-0.15, -0.1) is 0 Å². The number of likely N-dealkylation sites (N-methyl/N-ethyl adjacent to an activating group) is 1. The monoisotopic (exact) mass is 292 g/mol. The predicted molar refractivity (Wildman–Crippen MR) is 83.1 cm³/mol. The van der Waals surface area contributed by atoms with Gasteiger partial charge in [0.1, 0.15) is 17.4 Å². The molecule has 5 heteroatoms. The smallest absolute Gasteiger partial charge is 0.324 e. The van der Waals surface area contributed by atoms with Crippen molar-refractivity contribution in [2.45, 2.75) is 37.8 Å². The van der Waals surface area contributed by atoms with Crippen LogP contribution in [0.4, 0.5) is 5.69 Å². The number of rotatable bonds is 6. The van der Waals surface area contributed by atoms with E-state index in [-0.39, 0.29) is 6.10 Å². The number of hydrogen-bond acceptors (Lipinski definition) is 4. The van der Waals surface area contributed by atoms with Crippen molar-refractivity contribution in [1.82, 2.24) is 5.32 Å². The molecule has 116 valence electrons. The highest BCUT2D eigenvalue weighted by molar-refractivity contribution is 5.79. The third-order valence-corrected chi connectivity index (χ3v) is 4.03. The fourth-order valence-corrected chi connectivity index (χ4v) is 2.90. The quantitative estimate of drug-likeness (QED) is 0.841. The van der Waals surface area contributed by atoms with Gasteiger partial charge in [0, 0.05) is 32.3 Å². The van der Waals surface area contributed by atoms with Crippen LogP contribution in [0, 0.1) is 0 Å². The molecule has 5 nitrogen and oxygen atoms in total. The molecule has 0 heterocycles. The molecule has 0 aromatic heterocycles. The number of carboxylic acids is 1. The van der Waals surface area contributed by atoms with Gasteiger partial charge in [-0.2, -0.15) is 0 Å². The third-order valence-electron chi connectivity index (χ3n) is 4.03. The molecular weight excluding hydrogens is 268 g/mol. The number of ether oxygens (including phenoxy) is 1. The summed E-state index contributed by atoms with van der Waals surface area (Å²) >= 11 is 0. The molecular formula is C16H24N2O3. The molecule has 2 atom stereocenters. The SMILES string of the molecule is CCNC1(C(=O)O)CCC(Oc2cccc(N(C)C)c2)C1. The number of carboxylic acid groups (broad SMARTS) is 1. The molecule has 2 rings (SSSR count). The first-order valence-corrected chi connectivity index (χ1v) is 7.39. The van der Waals surface area contributed by atoms with Crippen molar-refractivity contribution in [1.29, 1.82) is 0 Å². The van der Waals surface area contributed by atoms with E-state index < -0.39 is 11.5 Å². The van der Waals surface area contributed by atoms with E-state index in [9.17, 15) is 9.90 Å². The number of anilines is 1. The van der Waals surface area contributed by atoms with E-state index in [0.29, 0.717) is 19.4 Å². The molecule has 1 fully saturated rings. The van der Waals surface area contributed by atoms with Gasteiger partial charge < -0.3 is 20.1 Å². The van der Waals surface area contributed by atoms with Gasteiger partial charge in [-0.3, -0.25) is 4.79 Å². The topological polar surface area (TPSA) is 61.8 Å². The number of aliphatic carboxylic acids is 1. The summed E-state index contributed by atoms with van der Waals surface area (Å²) in [5.41, 5.74) is 0.236. The summed E-state index contributed by atoms with van der Waals surface area (Å²) < 4.78 is 5.99. The Hall–Kier alpha value is -1.75. The number of benzene rings is 1. The molecule has 0 spiro atoms. The maximum atomic E-state index is 11.5. The average molecular weight is 292 g/mol. The van der Waals surface area contributed by atoms with Crippen molar-refractivity contribution in [2.75, 3.05) is 25.5 Å². The zero-order valence-electron chi connectivity index (χ0n) is 12.9. The van der Waals surface area contributed by atoms with Gasteiger partial charge in [-0.1, -0.05) is 13.0 Å². The van der Waals surface area contributed by atoms with Crippen molar-refractivity contribution in [3.8, 4) is 5.75 Å². The molecule has 1 saturated carbocycles. The van der Waals surface area contributed by atoms with Crippen molar-refractivity contribution < 1.29 is 14.6 Å². The lowest BCUT2D eigenvalue weighted by Crippen LogP contribution is -2.50. The highest BCUT2D eigenvalue weighted by Crippen LogP contribution is 2.33. The number of hydrogen-bond donors (Lipinski definition) is 2. The maximum absolute atomic E-state index is 11.5. The molecule has 1 aliphatic carbocycles. The van der Waals surface area contributed by atoms with Crippen LogP contribution in [-0.2, 0) is 4.79 Å². The Morgan fingerprint density at radius 1 is 1.52 bits per heavy atom. The van der Waals surface area contributed by atoms with Gasteiger partial charge in [0.15, 0.2) is 0 Å². The number of nitrogens with one attached hydrogen (secondary N) is 1. The summed E-state index contributed by atoms with van der Waals surface area (Å²) in [5.74, 6) is 0.0152. The van der Waals surface area contributed by atoms with Crippen molar-refractivity contribution >= 4 is 11.7 Å². The third kappa shape index (κ3) is 3.47. The first kappa shape index (κ1) is 15.6. The highest BCUT2D eigenvalue weighted by atomic mass is 16.5. The van der Waals surface area contributed by atoms with E-state index in [1.807, 2.05) is 50.2 Å². The normalized spacial score (nSPS) is 24.8. The lowest BCUT2D eigenvalue weighted by molar-refractivity contribution is -0.144. The minimum absolute atomic E-state index is 0.0578. The fourth-order valence-electron chi connectivity index (χ4n) is 2.90. The molecule has 0 aliphatic heterocycles. The Balaban J connectivity index is 2.05. The van der Waals surface area contributed by atoms with E-state index in [4.69, 9.17) is 4.74 Å². The summed E-state index contributed by atoms with van der Waals surface area (Å²) in [7, 11) is 3.96. The fraction of sp³-hybridized carbons (Fsp3) is 0.562. The molecule has 2 unspecified atom stereocenters. The van der Waals surface area contributed by atoms with Gasteiger partial charge >= 0.3 is 5.97 Å². The standard InChI is InChI=1S/C16H24N2O3/c1-4-17-16(15(19)20)9-8-14(11-16)21-13-7-5-6-12(10-13)18(2)3/h5-7,10,14,17H,4,8-9,11H2,1-3H3,(H,19,20). The first-order chi connectivity index (χ1) is 9.97. The Labute approximate surface area is 125 Å². The van der Waals surface area contributed by atoms with Gasteiger partial charge in [-0.05, 0) is 31.5 Å². The Morgan fingerprint density at radius 2 is 2.29 bits per heavy atom. The number of carbonyl (C=O) groups is 1. The maximum Gasteiger partial charge on any atom is 0.324 e.